The van der Waals surface area contributed by atoms with Crippen molar-refractivity contribution in [3.05, 3.63) is 35.6 Å². The van der Waals surface area contributed by atoms with E-state index in [0.717, 1.165) is 32.4 Å². The summed E-state index contributed by atoms with van der Waals surface area (Å²) in [5.41, 5.74) is -0.779. The molecule has 0 N–H and O–H groups in total. The van der Waals surface area contributed by atoms with Crippen molar-refractivity contribution in [3.8, 4) is 0 Å². The molecule has 4 rings (SSSR count). The maximum Gasteiger partial charge on any atom is 0.259 e. The molecule has 2 heterocycles. The molecule has 0 aromatic heterocycles. The molecule has 2 aliphatic heterocycles. The Morgan fingerprint density at radius 3 is 2.43 bits per heavy atom. The molecule has 0 unspecified atom stereocenters. The van der Waals surface area contributed by atoms with Crippen LogP contribution >= 0.6 is 0 Å². The average molecular weight is 389 g/mol. The Morgan fingerprint density at radius 1 is 1.07 bits per heavy atom. The topological polar surface area (TPSA) is 53.1 Å². The van der Waals surface area contributed by atoms with Gasteiger partial charge in [0.25, 0.3) is 5.91 Å². The van der Waals surface area contributed by atoms with Crippen LogP contribution < -0.4 is 0 Å². The van der Waals surface area contributed by atoms with Crippen LogP contribution in [0.5, 0.6) is 0 Å². The fourth-order valence-corrected chi connectivity index (χ4v) is 4.66. The number of ether oxygens (including phenoxy) is 1. The molecule has 1 aliphatic carbocycles. The Hall–Kier alpha value is -1.99. The number of hydrogen-bond donors (Lipinski definition) is 0. The second-order valence-electron chi connectivity index (χ2n) is 8.12. The standard InChI is InChI=1S/C21H28FN3O3/c1-23-11-13-24(14-12-23)20(27)18-15-28-21(9-5-2-6-10-21)25(18)19(26)16-7-3-4-8-17(16)22/h3-4,7-8,18H,2,5-6,9-15H2,1H3/t18-/m1/s1. The number of likely N-dealkylation sites (N-methyl/N-ethyl adjacent to an activating group) is 1. The number of rotatable bonds is 2. The van der Waals surface area contributed by atoms with E-state index in [1.165, 1.54) is 12.1 Å². The molecule has 1 atom stereocenters. The lowest BCUT2D eigenvalue weighted by Gasteiger charge is -2.42. The van der Waals surface area contributed by atoms with Gasteiger partial charge in [-0.1, -0.05) is 18.6 Å². The molecule has 7 heteroatoms. The van der Waals surface area contributed by atoms with Gasteiger partial charge in [0, 0.05) is 26.2 Å². The molecule has 1 aromatic carbocycles. The zero-order valence-electron chi connectivity index (χ0n) is 16.4. The van der Waals surface area contributed by atoms with Crippen LogP contribution in [0.25, 0.3) is 0 Å². The van der Waals surface area contributed by atoms with Gasteiger partial charge in [-0.2, -0.15) is 0 Å². The van der Waals surface area contributed by atoms with Crippen LogP contribution in [0.15, 0.2) is 24.3 Å². The normalized spacial score (nSPS) is 25.3. The van der Waals surface area contributed by atoms with Gasteiger partial charge in [0.15, 0.2) is 0 Å². The van der Waals surface area contributed by atoms with Gasteiger partial charge >= 0.3 is 0 Å². The summed E-state index contributed by atoms with van der Waals surface area (Å²) in [4.78, 5) is 32.3. The molecule has 2 saturated heterocycles. The fraction of sp³-hybridized carbons (Fsp3) is 0.619. The van der Waals surface area contributed by atoms with E-state index < -0.39 is 23.5 Å². The van der Waals surface area contributed by atoms with E-state index in [-0.39, 0.29) is 18.1 Å². The van der Waals surface area contributed by atoms with E-state index >= 15 is 0 Å². The van der Waals surface area contributed by atoms with Gasteiger partial charge in [0.05, 0.1) is 12.2 Å². The van der Waals surface area contributed by atoms with Crippen molar-refractivity contribution < 1.29 is 18.7 Å². The van der Waals surface area contributed by atoms with E-state index in [1.54, 1.807) is 17.0 Å². The van der Waals surface area contributed by atoms with E-state index in [2.05, 4.69) is 4.90 Å². The minimum Gasteiger partial charge on any atom is -0.353 e. The number of benzene rings is 1. The smallest absolute Gasteiger partial charge is 0.259 e. The third-order valence-corrected chi connectivity index (χ3v) is 6.32. The molecule has 3 aliphatic rings. The van der Waals surface area contributed by atoms with Crippen LogP contribution in [-0.4, -0.2) is 78.1 Å². The zero-order valence-corrected chi connectivity index (χ0v) is 16.4. The summed E-state index contributed by atoms with van der Waals surface area (Å²) in [6.07, 6.45) is 4.36. The van der Waals surface area contributed by atoms with Crippen molar-refractivity contribution >= 4 is 11.8 Å². The lowest BCUT2D eigenvalue weighted by atomic mass is 9.89. The maximum absolute atomic E-state index is 14.4. The molecular formula is C21H28FN3O3. The van der Waals surface area contributed by atoms with Crippen LogP contribution in [0.4, 0.5) is 4.39 Å². The van der Waals surface area contributed by atoms with E-state index in [4.69, 9.17) is 4.74 Å². The number of piperazine rings is 1. The number of amides is 2. The van der Waals surface area contributed by atoms with Gasteiger partial charge < -0.3 is 14.5 Å². The van der Waals surface area contributed by atoms with Crippen molar-refractivity contribution in [1.29, 1.82) is 0 Å². The number of carbonyl (C=O) groups is 2. The molecule has 0 bridgehead atoms. The molecule has 6 nitrogen and oxygen atoms in total. The minimum absolute atomic E-state index is 0.00845. The van der Waals surface area contributed by atoms with Gasteiger partial charge in [-0.05, 0) is 44.9 Å². The van der Waals surface area contributed by atoms with Crippen molar-refractivity contribution in [2.45, 2.75) is 43.9 Å². The highest BCUT2D eigenvalue weighted by molar-refractivity contribution is 5.98. The van der Waals surface area contributed by atoms with Crippen LogP contribution in [0.3, 0.4) is 0 Å². The maximum atomic E-state index is 14.4. The van der Waals surface area contributed by atoms with Crippen molar-refractivity contribution in [2.75, 3.05) is 39.8 Å². The zero-order chi connectivity index (χ0) is 19.7. The minimum atomic E-state index is -0.787. The van der Waals surface area contributed by atoms with E-state index in [0.29, 0.717) is 25.9 Å². The molecule has 0 radical (unpaired) electrons. The van der Waals surface area contributed by atoms with Crippen LogP contribution in [0.1, 0.15) is 42.5 Å². The second-order valence-corrected chi connectivity index (χ2v) is 8.12. The Bertz CT molecular complexity index is 742. The fourth-order valence-electron chi connectivity index (χ4n) is 4.66. The first kappa shape index (κ1) is 19.3. The lowest BCUT2D eigenvalue weighted by molar-refractivity contribution is -0.138. The summed E-state index contributed by atoms with van der Waals surface area (Å²) < 4.78 is 20.5. The summed E-state index contributed by atoms with van der Waals surface area (Å²) in [7, 11) is 2.03. The van der Waals surface area contributed by atoms with Crippen molar-refractivity contribution in [1.82, 2.24) is 14.7 Å². The van der Waals surface area contributed by atoms with Crippen LogP contribution in [-0.2, 0) is 9.53 Å². The predicted molar refractivity (Wildman–Crippen MR) is 102 cm³/mol. The largest absolute Gasteiger partial charge is 0.353 e. The monoisotopic (exact) mass is 389 g/mol. The Balaban J connectivity index is 1.64. The third kappa shape index (κ3) is 3.42. The average Bonchev–Trinajstić information content (AvgIpc) is 3.06. The van der Waals surface area contributed by atoms with E-state index in [1.807, 2.05) is 11.9 Å². The van der Waals surface area contributed by atoms with E-state index in [9.17, 15) is 14.0 Å². The van der Waals surface area contributed by atoms with Crippen molar-refractivity contribution in [3.63, 3.8) is 0 Å². The van der Waals surface area contributed by atoms with Crippen LogP contribution in [0.2, 0.25) is 0 Å². The molecule has 1 spiro atoms. The summed E-state index contributed by atoms with van der Waals surface area (Å²) in [5, 5.41) is 0. The Labute approximate surface area is 165 Å². The molecule has 1 saturated carbocycles. The molecular weight excluding hydrogens is 361 g/mol. The number of nitrogens with zero attached hydrogens (tertiary/aromatic N) is 3. The summed E-state index contributed by atoms with van der Waals surface area (Å²) in [5.74, 6) is -1.08. The quantitative estimate of drug-likeness (QED) is 0.777. The Kier molecular flexibility index (Phi) is 5.38. The van der Waals surface area contributed by atoms with Crippen molar-refractivity contribution in [2.24, 2.45) is 0 Å². The van der Waals surface area contributed by atoms with Gasteiger partial charge in [0.2, 0.25) is 5.91 Å². The predicted octanol–water partition coefficient (Wildman–Crippen LogP) is 2.10. The highest BCUT2D eigenvalue weighted by atomic mass is 19.1. The first-order valence-corrected chi connectivity index (χ1v) is 10.2. The lowest BCUT2D eigenvalue weighted by Crippen LogP contribution is -2.59. The van der Waals surface area contributed by atoms with Crippen LogP contribution in [0, 0.1) is 5.82 Å². The van der Waals surface area contributed by atoms with Gasteiger partial charge in [-0.25, -0.2) is 4.39 Å². The molecule has 28 heavy (non-hydrogen) atoms. The Morgan fingerprint density at radius 2 is 1.75 bits per heavy atom. The highest BCUT2D eigenvalue weighted by Crippen LogP contribution is 2.42. The highest BCUT2D eigenvalue weighted by Gasteiger charge is 2.54. The number of carbonyl (C=O) groups excluding carboxylic acids is 2. The van der Waals surface area contributed by atoms with Gasteiger partial charge in [-0.3, -0.25) is 14.5 Å². The number of hydrogen-bond acceptors (Lipinski definition) is 4. The molecule has 152 valence electrons. The summed E-state index contributed by atoms with van der Waals surface area (Å²) in [6, 6.07) is 5.31. The summed E-state index contributed by atoms with van der Waals surface area (Å²) >= 11 is 0. The summed E-state index contributed by atoms with van der Waals surface area (Å²) in [6.45, 7) is 3.09. The second kappa shape index (κ2) is 7.79. The van der Waals surface area contributed by atoms with Gasteiger partial charge in [-0.15, -0.1) is 0 Å². The molecule has 3 fully saturated rings. The first-order valence-electron chi connectivity index (χ1n) is 10.2. The third-order valence-electron chi connectivity index (χ3n) is 6.32. The molecule has 2 amide bonds. The SMILES string of the molecule is CN1CCN(C(=O)[C@H]2COC3(CCCCC3)N2C(=O)c2ccccc2F)CC1. The molecule has 1 aromatic rings. The number of halogens is 1. The first-order chi connectivity index (χ1) is 13.5. The van der Waals surface area contributed by atoms with Gasteiger partial charge in [0.1, 0.15) is 17.6 Å².